The molecule has 0 aliphatic rings. The van der Waals surface area contributed by atoms with Crippen LogP contribution in [0.5, 0.6) is 0 Å². The number of hydrogen-bond donors (Lipinski definition) is 1. The average molecular weight is 354 g/mol. The minimum absolute atomic E-state index is 0.598. The van der Waals surface area contributed by atoms with Crippen LogP contribution in [-0.2, 0) is 11.3 Å². The number of halogens is 1. The van der Waals surface area contributed by atoms with Crippen LogP contribution in [0, 0.1) is 6.92 Å². The maximum Gasteiger partial charge on any atom is 0.182 e. The average Bonchev–Trinajstić information content (AvgIpc) is 2.91. The minimum atomic E-state index is 0.598. The highest BCUT2D eigenvalue weighted by atomic mass is 79.9. The highest BCUT2D eigenvalue weighted by molar-refractivity contribution is 9.10. The standard InChI is InChI=1S/C14H20BrN5O/c1-3-4-6-21-7-5-20-14(17-18-19-20)12-8-11(15)9-13(16)10(12)2/h8-9H,3-7,16H2,1-2H3. The lowest BCUT2D eigenvalue weighted by atomic mass is 10.1. The quantitative estimate of drug-likeness (QED) is 0.611. The zero-order valence-corrected chi connectivity index (χ0v) is 13.9. The number of aromatic nitrogens is 4. The zero-order chi connectivity index (χ0) is 15.2. The molecule has 7 heteroatoms. The Balaban J connectivity index is 2.13. The molecule has 114 valence electrons. The number of anilines is 1. The molecule has 2 aromatic rings. The van der Waals surface area contributed by atoms with Crippen LogP contribution < -0.4 is 5.73 Å². The zero-order valence-electron chi connectivity index (χ0n) is 12.3. The van der Waals surface area contributed by atoms with Crippen molar-refractivity contribution in [3.63, 3.8) is 0 Å². The number of rotatable bonds is 7. The number of nitrogen functional groups attached to an aromatic ring is 1. The summed E-state index contributed by atoms with van der Waals surface area (Å²) in [4.78, 5) is 0. The molecule has 0 amide bonds. The van der Waals surface area contributed by atoms with Crippen LogP contribution in [0.25, 0.3) is 11.4 Å². The number of ether oxygens (including phenoxy) is 1. The summed E-state index contributed by atoms with van der Waals surface area (Å²) in [5, 5.41) is 11.9. The van der Waals surface area contributed by atoms with Crippen molar-refractivity contribution >= 4 is 21.6 Å². The lowest BCUT2D eigenvalue weighted by Crippen LogP contribution is -2.10. The van der Waals surface area contributed by atoms with Gasteiger partial charge in [-0.25, -0.2) is 4.68 Å². The van der Waals surface area contributed by atoms with Gasteiger partial charge in [0.15, 0.2) is 5.82 Å². The van der Waals surface area contributed by atoms with Gasteiger partial charge in [0, 0.05) is 22.3 Å². The summed E-state index contributed by atoms with van der Waals surface area (Å²) in [5.74, 6) is 0.708. The van der Waals surface area contributed by atoms with Crippen LogP contribution in [0.15, 0.2) is 16.6 Å². The second-order valence-electron chi connectivity index (χ2n) is 4.86. The second kappa shape index (κ2) is 7.51. The van der Waals surface area contributed by atoms with Crippen LogP contribution in [0.4, 0.5) is 5.69 Å². The van der Waals surface area contributed by atoms with Gasteiger partial charge in [-0.2, -0.15) is 0 Å². The van der Waals surface area contributed by atoms with Gasteiger partial charge in [0.25, 0.3) is 0 Å². The molecule has 21 heavy (non-hydrogen) atoms. The fourth-order valence-electron chi connectivity index (χ4n) is 1.98. The fourth-order valence-corrected chi connectivity index (χ4v) is 2.46. The van der Waals surface area contributed by atoms with Gasteiger partial charge in [0.2, 0.25) is 0 Å². The van der Waals surface area contributed by atoms with Gasteiger partial charge in [-0.05, 0) is 41.5 Å². The van der Waals surface area contributed by atoms with Crippen molar-refractivity contribution in [3.05, 3.63) is 22.2 Å². The number of unbranched alkanes of at least 4 members (excludes halogenated alkanes) is 1. The topological polar surface area (TPSA) is 78.8 Å². The molecule has 1 aromatic carbocycles. The van der Waals surface area contributed by atoms with Gasteiger partial charge >= 0.3 is 0 Å². The summed E-state index contributed by atoms with van der Waals surface area (Å²) in [7, 11) is 0. The molecule has 0 bridgehead atoms. The van der Waals surface area contributed by atoms with Crippen LogP contribution in [0.2, 0.25) is 0 Å². The van der Waals surface area contributed by atoms with E-state index in [2.05, 4.69) is 38.4 Å². The Hall–Kier alpha value is -1.47. The third-order valence-corrected chi connectivity index (χ3v) is 3.73. The summed E-state index contributed by atoms with van der Waals surface area (Å²) >= 11 is 3.46. The normalized spacial score (nSPS) is 11.0. The van der Waals surface area contributed by atoms with Gasteiger partial charge in [-0.1, -0.05) is 29.3 Å². The van der Waals surface area contributed by atoms with Crippen molar-refractivity contribution in [2.75, 3.05) is 18.9 Å². The molecule has 2 rings (SSSR count). The van der Waals surface area contributed by atoms with Crippen LogP contribution in [0.1, 0.15) is 25.3 Å². The Morgan fingerprint density at radius 1 is 1.33 bits per heavy atom. The fraction of sp³-hybridized carbons (Fsp3) is 0.500. The molecule has 0 aliphatic carbocycles. The molecule has 2 N–H and O–H groups in total. The van der Waals surface area contributed by atoms with Crippen LogP contribution in [0.3, 0.4) is 0 Å². The van der Waals surface area contributed by atoms with Crippen molar-refractivity contribution in [3.8, 4) is 11.4 Å². The van der Waals surface area contributed by atoms with E-state index in [1.165, 1.54) is 0 Å². The first-order valence-corrected chi connectivity index (χ1v) is 7.82. The molecule has 1 aromatic heterocycles. The molecular formula is C14H20BrN5O. The van der Waals surface area contributed by atoms with Crippen molar-refractivity contribution in [2.24, 2.45) is 0 Å². The molecule has 0 saturated carbocycles. The largest absolute Gasteiger partial charge is 0.398 e. The molecule has 0 atom stereocenters. The second-order valence-corrected chi connectivity index (χ2v) is 5.77. The van der Waals surface area contributed by atoms with E-state index in [-0.39, 0.29) is 0 Å². The first kappa shape index (κ1) is 15.9. The Labute approximate surface area is 132 Å². The monoisotopic (exact) mass is 353 g/mol. The van der Waals surface area contributed by atoms with Gasteiger partial charge in [-0.15, -0.1) is 5.10 Å². The Bertz CT molecular complexity index is 599. The Morgan fingerprint density at radius 2 is 2.14 bits per heavy atom. The number of hydrogen-bond acceptors (Lipinski definition) is 5. The Morgan fingerprint density at radius 3 is 2.90 bits per heavy atom. The van der Waals surface area contributed by atoms with Gasteiger partial charge < -0.3 is 10.5 Å². The molecule has 0 unspecified atom stereocenters. The van der Waals surface area contributed by atoms with E-state index in [1.807, 2.05) is 19.1 Å². The summed E-state index contributed by atoms with van der Waals surface area (Å²) < 4.78 is 8.23. The van der Waals surface area contributed by atoms with Crippen molar-refractivity contribution in [2.45, 2.75) is 33.2 Å². The van der Waals surface area contributed by atoms with Gasteiger partial charge in [0.05, 0.1) is 13.2 Å². The van der Waals surface area contributed by atoms with Crippen LogP contribution >= 0.6 is 15.9 Å². The van der Waals surface area contributed by atoms with E-state index in [0.29, 0.717) is 24.7 Å². The molecule has 1 heterocycles. The van der Waals surface area contributed by atoms with E-state index in [9.17, 15) is 0 Å². The summed E-state index contributed by atoms with van der Waals surface area (Å²) in [5.41, 5.74) is 8.62. The molecule has 6 nitrogen and oxygen atoms in total. The van der Waals surface area contributed by atoms with E-state index in [4.69, 9.17) is 10.5 Å². The lowest BCUT2D eigenvalue weighted by molar-refractivity contribution is 0.121. The minimum Gasteiger partial charge on any atom is -0.398 e. The molecule has 0 fully saturated rings. The van der Waals surface area contributed by atoms with E-state index in [1.54, 1.807) is 4.68 Å². The predicted octanol–water partition coefficient (Wildman–Crippen LogP) is 2.81. The predicted molar refractivity (Wildman–Crippen MR) is 85.8 cm³/mol. The molecule has 0 radical (unpaired) electrons. The lowest BCUT2D eigenvalue weighted by Gasteiger charge is -2.10. The van der Waals surface area contributed by atoms with Crippen LogP contribution in [-0.4, -0.2) is 33.4 Å². The maximum absolute atomic E-state index is 6.00. The van der Waals surface area contributed by atoms with E-state index in [0.717, 1.165) is 35.0 Å². The van der Waals surface area contributed by atoms with Crippen molar-refractivity contribution in [1.82, 2.24) is 20.2 Å². The van der Waals surface area contributed by atoms with Gasteiger partial charge in [-0.3, -0.25) is 0 Å². The number of benzene rings is 1. The number of nitrogens with two attached hydrogens (primary N) is 1. The Kier molecular flexibility index (Phi) is 5.69. The highest BCUT2D eigenvalue weighted by Crippen LogP contribution is 2.29. The summed E-state index contributed by atoms with van der Waals surface area (Å²) in [6.45, 7) is 6.10. The molecule has 0 spiro atoms. The molecular weight excluding hydrogens is 334 g/mol. The third-order valence-electron chi connectivity index (χ3n) is 3.28. The SMILES string of the molecule is CCCCOCCn1nnnc1-c1cc(Br)cc(N)c1C. The molecule has 0 aliphatic heterocycles. The van der Waals surface area contributed by atoms with Crippen molar-refractivity contribution < 1.29 is 4.74 Å². The first-order valence-electron chi connectivity index (χ1n) is 7.03. The van der Waals surface area contributed by atoms with Gasteiger partial charge in [0.1, 0.15) is 0 Å². The molecule has 0 saturated heterocycles. The first-order chi connectivity index (χ1) is 10.1. The highest BCUT2D eigenvalue weighted by Gasteiger charge is 2.13. The van der Waals surface area contributed by atoms with E-state index >= 15 is 0 Å². The smallest absolute Gasteiger partial charge is 0.182 e. The van der Waals surface area contributed by atoms with E-state index < -0.39 is 0 Å². The number of tetrazole rings is 1. The van der Waals surface area contributed by atoms with Crippen molar-refractivity contribution in [1.29, 1.82) is 0 Å². The number of nitrogens with zero attached hydrogens (tertiary/aromatic N) is 4. The summed E-state index contributed by atoms with van der Waals surface area (Å²) in [6.07, 6.45) is 2.20. The third kappa shape index (κ3) is 4.01. The maximum atomic E-state index is 6.00. The summed E-state index contributed by atoms with van der Waals surface area (Å²) in [6, 6.07) is 3.85.